The summed E-state index contributed by atoms with van der Waals surface area (Å²) in [6, 6.07) is 0. The molecule has 486 valence electrons. The van der Waals surface area contributed by atoms with Crippen LogP contribution in [0.4, 0.5) is 0 Å². The summed E-state index contributed by atoms with van der Waals surface area (Å²) in [5.41, 5.74) is 0. The van der Waals surface area contributed by atoms with Crippen molar-refractivity contribution in [2.24, 2.45) is 23.7 Å². The Morgan fingerprint density at radius 1 is 0.341 bits per heavy atom. The summed E-state index contributed by atoms with van der Waals surface area (Å²) in [5.74, 6) is 0.724. The Hall–Kier alpha value is -1.94. The molecule has 0 aromatic rings. The van der Waals surface area contributed by atoms with E-state index >= 15 is 0 Å². The first-order valence-electron chi connectivity index (χ1n) is 32.7. The van der Waals surface area contributed by atoms with Crippen molar-refractivity contribution in [3.8, 4) is 0 Å². The molecule has 0 aromatic carbocycles. The second-order valence-electron chi connectivity index (χ2n) is 24.5. The minimum absolute atomic E-state index is 0.101. The molecule has 17 nitrogen and oxygen atoms in total. The minimum atomic E-state index is -4.94. The Morgan fingerprint density at radius 3 is 0.866 bits per heavy atom. The smallest absolute Gasteiger partial charge is 0.462 e. The molecule has 0 spiro atoms. The van der Waals surface area contributed by atoms with E-state index in [2.05, 4.69) is 55.4 Å². The summed E-state index contributed by atoms with van der Waals surface area (Å²) < 4.78 is 67.9. The zero-order valence-corrected chi connectivity index (χ0v) is 54.9. The van der Waals surface area contributed by atoms with Crippen LogP contribution in [0.3, 0.4) is 0 Å². The van der Waals surface area contributed by atoms with Gasteiger partial charge in [-0.1, -0.05) is 248 Å². The summed E-state index contributed by atoms with van der Waals surface area (Å²) in [4.78, 5) is 72.1. The maximum absolute atomic E-state index is 12.9. The molecular weight excluding hydrogens is 1090 g/mol. The van der Waals surface area contributed by atoms with E-state index in [4.69, 9.17) is 37.0 Å². The van der Waals surface area contributed by atoms with Crippen LogP contribution in [0.15, 0.2) is 0 Å². The SMILES string of the molecule is CCC(C)CCCCCCCCCCC(=O)OC[C@H](COP(=O)(O)OCC(O)COP(=O)(O)OC[C@@H](COC(=O)CCCCCCCCCC(C)C)OC(=O)CCCCCCCCCCC(C)C)OC(=O)CCCCCCCCC(C)C. The van der Waals surface area contributed by atoms with Crippen LogP contribution in [-0.4, -0.2) is 96.7 Å². The van der Waals surface area contributed by atoms with Crippen molar-refractivity contribution >= 4 is 39.5 Å². The second-order valence-corrected chi connectivity index (χ2v) is 27.4. The minimum Gasteiger partial charge on any atom is -0.462 e. The lowest BCUT2D eigenvalue weighted by atomic mass is 9.99. The van der Waals surface area contributed by atoms with E-state index < -0.39 is 97.5 Å². The summed E-state index contributed by atoms with van der Waals surface area (Å²) in [6.45, 7) is 13.9. The van der Waals surface area contributed by atoms with Crippen LogP contribution in [0, 0.1) is 23.7 Å². The molecular formula is C63H122O17P2. The van der Waals surface area contributed by atoms with Gasteiger partial charge >= 0.3 is 39.5 Å². The van der Waals surface area contributed by atoms with Crippen LogP contribution in [0.5, 0.6) is 0 Å². The van der Waals surface area contributed by atoms with Crippen LogP contribution in [0.1, 0.15) is 299 Å². The van der Waals surface area contributed by atoms with Gasteiger partial charge in [0.15, 0.2) is 12.2 Å². The number of ether oxygens (including phenoxy) is 4. The van der Waals surface area contributed by atoms with Gasteiger partial charge in [-0.2, -0.15) is 0 Å². The van der Waals surface area contributed by atoms with E-state index in [-0.39, 0.29) is 25.7 Å². The van der Waals surface area contributed by atoms with E-state index in [1.165, 1.54) is 96.3 Å². The van der Waals surface area contributed by atoms with Crippen molar-refractivity contribution in [3.63, 3.8) is 0 Å². The lowest BCUT2D eigenvalue weighted by Crippen LogP contribution is -2.30. The van der Waals surface area contributed by atoms with Crippen molar-refractivity contribution in [2.45, 2.75) is 318 Å². The highest BCUT2D eigenvalue weighted by molar-refractivity contribution is 7.47. The molecule has 3 N–H and O–H groups in total. The normalized spacial score (nSPS) is 14.8. The van der Waals surface area contributed by atoms with Crippen LogP contribution >= 0.6 is 15.6 Å². The largest absolute Gasteiger partial charge is 0.472 e. The Bertz CT molecular complexity index is 1650. The first kappa shape index (κ1) is 80.1. The summed E-state index contributed by atoms with van der Waals surface area (Å²) in [5, 5.41) is 10.5. The highest BCUT2D eigenvalue weighted by atomic mass is 31.2. The summed E-state index contributed by atoms with van der Waals surface area (Å²) >= 11 is 0. The first-order chi connectivity index (χ1) is 39.1. The highest BCUT2D eigenvalue weighted by Crippen LogP contribution is 2.45. The molecule has 82 heavy (non-hydrogen) atoms. The second kappa shape index (κ2) is 53.3. The molecule has 0 radical (unpaired) electrons. The Balaban J connectivity index is 5.24. The van der Waals surface area contributed by atoms with E-state index in [1.54, 1.807) is 0 Å². The Kier molecular flexibility index (Phi) is 52.0. The third kappa shape index (κ3) is 55.9. The lowest BCUT2D eigenvalue weighted by molar-refractivity contribution is -0.161. The predicted octanol–water partition coefficient (Wildman–Crippen LogP) is 17.0. The number of hydrogen-bond donors (Lipinski definition) is 3. The zero-order valence-electron chi connectivity index (χ0n) is 53.1. The summed E-state index contributed by atoms with van der Waals surface area (Å²) in [6.07, 6.45) is 32.3. The van der Waals surface area contributed by atoms with E-state index in [9.17, 15) is 43.2 Å². The standard InChI is InChI=1S/C63H122O17P2/c1-9-56(8)42-34-26-17-11-13-18-27-35-43-60(65)73-50-59(80-63(68)46-38-30-22-21-25-33-41-55(6)7)52-78-82(71,72)76-48-57(64)47-75-81(69,70)77-51-58(49-74-61(66)44-36-28-20-14-16-24-32-40-54(4)5)79-62(67)45-37-29-19-12-10-15-23-31-39-53(2)3/h53-59,64H,9-52H2,1-8H3,(H,69,70)(H,71,72)/t56?,57?,58-,59-/m1/s1. The first-order valence-corrected chi connectivity index (χ1v) is 35.7. The molecule has 0 heterocycles. The van der Waals surface area contributed by atoms with Crippen LogP contribution < -0.4 is 0 Å². The fourth-order valence-corrected chi connectivity index (χ4v) is 10.8. The number of unbranched alkanes of at least 4 members (excludes halogenated alkanes) is 25. The third-order valence-corrected chi connectivity index (χ3v) is 16.6. The number of hydrogen-bond acceptors (Lipinski definition) is 15. The quantitative estimate of drug-likeness (QED) is 0.0222. The Morgan fingerprint density at radius 2 is 0.585 bits per heavy atom. The number of phosphoric ester groups is 2. The Labute approximate surface area is 498 Å². The number of carbonyl (C=O) groups excluding carboxylic acids is 4. The van der Waals surface area contributed by atoms with E-state index in [1.807, 2.05) is 0 Å². The van der Waals surface area contributed by atoms with Gasteiger partial charge in [0.05, 0.1) is 26.4 Å². The maximum Gasteiger partial charge on any atom is 0.472 e. The molecule has 0 aliphatic carbocycles. The molecule has 0 amide bonds. The highest BCUT2D eigenvalue weighted by Gasteiger charge is 2.30. The topological polar surface area (TPSA) is 237 Å². The molecule has 0 fully saturated rings. The molecule has 4 unspecified atom stereocenters. The monoisotopic (exact) mass is 1210 g/mol. The third-order valence-electron chi connectivity index (χ3n) is 14.7. The molecule has 0 saturated heterocycles. The summed E-state index contributed by atoms with van der Waals surface area (Å²) in [7, 11) is -9.89. The van der Waals surface area contributed by atoms with Gasteiger partial charge in [-0.25, -0.2) is 9.13 Å². The van der Waals surface area contributed by atoms with Gasteiger partial charge in [0.2, 0.25) is 0 Å². The average molecular weight is 1210 g/mol. The lowest BCUT2D eigenvalue weighted by Gasteiger charge is -2.21. The fraction of sp³-hybridized carbons (Fsp3) is 0.937. The average Bonchev–Trinajstić information content (AvgIpc) is 3.43. The van der Waals surface area contributed by atoms with Crippen molar-refractivity contribution in [1.82, 2.24) is 0 Å². The van der Waals surface area contributed by atoms with Crippen LogP contribution in [0.2, 0.25) is 0 Å². The molecule has 0 aliphatic heterocycles. The molecule has 0 aromatic heterocycles. The molecule has 0 bridgehead atoms. The molecule has 0 rings (SSSR count). The number of phosphoric acid groups is 2. The number of aliphatic hydroxyl groups is 1. The van der Waals surface area contributed by atoms with Crippen molar-refractivity contribution < 1.29 is 80.2 Å². The molecule has 6 atom stereocenters. The maximum atomic E-state index is 12.9. The van der Waals surface area contributed by atoms with Gasteiger partial charge in [0.25, 0.3) is 0 Å². The van der Waals surface area contributed by atoms with Gasteiger partial charge in [-0.3, -0.25) is 37.3 Å². The van der Waals surface area contributed by atoms with Crippen LogP contribution in [0.25, 0.3) is 0 Å². The van der Waals surface area contributed by atoms with Gasteiger partial charge in [-0.15, -0.1) is 0 Å². The van der Waals surface area contributed by atoms with Gasteiger partial charge in [0, 0.05) is 25.7 Å². The number of esters is 4. The van der Waals surface area contributed by atoms with Crippen molar-refractivity contribution in [3.05, 3.63) is 0 Å². The number of rotatable bonds is 60. The van der Waals surface area contributed by atoms with E-state index in [0.717, 1.165) is 108 Å². The number of aliphatic hydroxyl groups excluding tert-OH is 1. The predicted molar refractivity (Wildman–Crippen MR) is 326 cm³/mol. The van der Waals surface area contributed by atoms with Gasteiger partial charge in [-0.05, 0) is 49.4 Å². The van der Waals surface area contributed by atoms with Crippen molar-refractivity contribution in [2.75, 3.05) is 39.6 Å². The number of carbonyl (C=O) groups is 4. The molecule has 19 heteroatoms. The molecule has 0 saturated carbocycles. The van der Waals surface area contributed by atoms with Crippen molar-refractivity contribution in [1.29, 1.82) is 0 Å². The fourth-order valence-electron chi connectivity index (χ4n) is 9.22. The zero-order chi connectivity index (χ0) is 61.1. The van der Waals surface area contributed by atoms with Crippen LogP contribution in [-0.2, 0) is 65.4 Å². The van der Waals surface area contributed by atoms with Gasteiger partial charge in [0.1, 0.15) is 19.3 Å². The van der Waals surface area contributed by atoms with E-state index in [0.29, 0.717) is 37.5 Å². The molecule has 0 aliphatic rings. The van der Waals surface area contributed by atoms with Gasteiger partial charge < -0.3 is 33.8 Å².